The Balaban J connectivity index is 3.20. The van der Waals surface area contributed by atoms with Crippen molar-refractivity contribution in [3.63, 3.8) is 0 Å². The van der Waals surface area contributed by atoms with Gasteiger partial charge in [-0.05, 0) is 18.0 Å². The fourth-order valence-electron chi connectivity index (χ4n) is 1.31. The molecule has 0 saturated carbocycles. The van der Waals surface area contributed by atoms with Crippen LogP contribution in [0.2, 0.25) is 0 Å². The zero-order chi connectivity index (χ0) is 12.2. The molecule has 16 heavy (non-hydrogen) atoms. The zero-order valence-electron chi connectivity index (χ0n) is 8.61. The Kier molecular flexibility index (Phi) is 3.50. The van der Waals surface area contributed by atoms with Gasteiger partial charge in [0.1, 0.15) is 6.04 Å². The monoisotopic (exact) mass is 221 g/mol. The van der Waals surface area contributed by atoms with Crippen molar-refractivity contribution in [3.05, 3.63) is 46.3 Å². The highest BCUT2D eigenvalue weighted by molar-refractivity contribution is 5.78. The number of benzene rings is 1. The van der Waals surface area contributed by atoms with Crippen LogP contribution in [0.3, 0.4) is 0 Å². The van der Waals surface area contributed by atoms with Gasteiger partial charge in [-0.25, -0.2) is 4.79 Å². The number of rotatable bonds is 4. The van der Waals surface area contributed by atoms with Gasteiger partial charge in [-0.1, -0.05) is 35.4 Å². The maximum absolute atomic E-state index is 10.9. The largest absolute Gasteiger partial charge is 0.479 e. The van der Waals surface area contributed by atoms with E-state index in [4.69, 9.17) is 10.6 Å². The molecule has 0 saturated heterocycles. The van der Waals surface area contributed by atoms with Gasteiger partial charge >= 0.3 is 5.97 Å². The highest BCUT2D eigenvalue weighted by atomic mass is 16.4. The van der Waals surface area contributed by atoms with Crippen molar-refractivity contribution in [2.75, 3.05) is 0 Å². The molecule has 0 aliphatic carbocycles. The summed E-state index contributed by atoms with van der Waals surface area (Å²) < 4.78 is 0. The van der Waals surface area contributed by atoms with Gasteiger partial charge in [-0.2, -0.15) is 0 Å². The van der Waals surface area contributed by atoms with Crippen molar-refractivity contribution in [3.8, 4) is 0 Å². The maximum atomic E-state index is 10.9. The summed E-state index contributed by atoms with van der Waals surface area (Å²) >= 11 is 0. The van der Waals surface area contributed by atoms with E-state index in [0.29, 0.717) is 5.56 Å². The zero-order valence-corrected chi connectivity index (χ0v) is 8.61. The Hall–Kier alpha value is -2.04. The lowest BCUT2D eigenvalue weighted by molar-refractivity contribution is -0.158. The molecule has 0 heterocycles. The fraction of sp³-hybridized carbons (Fsp3) is 0.300. The number of azide groups is 1. The van der Waals surface area contributed by atoms with Crippen LogP contribution in [0.4, 0.5) is 0 Å². The number of carboxylic acid groups (broad SMARTS) is 1. The summed E-state index contributed by atoms with van der Waals surface area (Å²) in [6.45, 7) is 1.10. The van der Waals surface area contributed by atoms with Gasteiger partial charge in [0.2, 0.25) is 0 Å². The lowest BCUT2D eigenvalue weighted by Gasteiger charge is -2.25. The first kappa shape index (κ1) is 12.0. The summed E-state index contributed by atoms with van der Waals surface area (Å²) in [7, 11) is 0. The molecular formula is C10H11N3O3. The van der Waals surface area contributed by atoms with Crippen molar-refractivity contribution >= 4 is 5.97 Å². The smallest absolute Gasteiger partial charge is 0.336 e. The summed E-state index contributed by atoms with van der Waals surface area (Å²) in [5.41, 5.74) is 6.72. The van der Waals surface area contributed by atoms with Gasteiger partial charge in [0.05, 0.1) is 0 Å². The number of nitrogens with zero attached hydrogens (tertiary/aromatic N) is 3. The minimum absolute atomic E-state index is 0.452. The van der Waals surface area contributed by atoms with Crippen LogP contribution in [0.25, 0.3) is 10.4 Å². The van der Waals surface area contributed by atoms with E-state index < -0.39 is 17.6 Å². The summed E-state index contributed by atoms with van der Waals surface area (Å²) in [4.78, 5) is 13.4. The number of aliphatic carboxylic acids is 1. The second kappa shape index (κ2) is 4.65. The van der Waals surface area contributed by atoms with Gasteiger partial charge in [0.25, 0.3) is 0 Å². The summed E-state index contributed by atoms with van der Waals surface area (Å²) in [5.74, 6) is -1.44. The molecule has 6 heteroatoms. The molecule has 0 radical (unpaired) electrons. The number of carbonyl (C=O) groups is 1. The first-order valence-electron chi connectivity index (χ1n) is 4.55. The third-order valence-electron chi connectivity index (χ3n) is 2.25. The molecule has 0 amide bonds. The van der Waals surface area contributed by atoms with Gasteiger partial charge in [0.15, 0.2) is 5.60 Å². The van der Waals surface area contributed by atoms with Crippen LogP contribution in [0.5, 0.6) is 0 Å². The number of aliphatic hydroxyl groups is 1. The maximum Gasteiger partial charge on any atom is 0.336 e. The van der Waals surface area contributed by atoms with Crippen LogP contribution < -0.4 is 0 Å². The molecule has 0 bridgehead atoms. The third-order valence-corrected chi connectivity index (χ3v) is 2.25. The lowest BCUT2D eigenvalue weighted by atomic mass is 9.91. The van der Waals surface area contributed by atoms with E-state index in [9.17, 15) is 9.90 Å². The van der Waals surface area contributed by atoms with Crippen molar-refractivity contribution in [2.24, 2.45) is 5.11 Å². The van der Waals surface area contributed by atoms with Crippen LogP contribution >= 0.6 is 0 Å². The van der Waals surface area contributed by atoms with E-state index in [-0.39, 0.29) is 0 Å². The molecular weight excluding hydrogens is 210 g/mol. The first-order valence-corrected chi connectivity index (χ1v) is 4.55. The normalized spacial score (nSPS) is 15.6. The molecule has 2 N–H and O–H groups in total. The highest BCUT2D eigenvalue weighted by Crippen LogP contribution is 2.30. The van der Waals surface area contributed by atoms with Gasteiger partial charge in [-0.3, -0.25) is 0 Å². The van der Waals surface area contributed by atoms with Crippen LogP contribution in [-0.4, -0.2) is 21.8 Å². The quantitative estimate of drug-likeness (QED) is 0.460. The molecule has 1 aromatic rings. The molecule has 0 aromatic heterocycles. The van der Waals surface area contributed by atoms with E-state index in [1.807, 2.05) is 0 Å². The Morgan fingerprint density at radius 2 is 2.06 bits per heavy atom. The Bertz CT molecular complexity index is 424. The van der Waals surface area contributed by atoms with E-state index in [1.165, 1.54) is 0 Å². The van der Waals surface area contributed by atoms with Crippen molar-refractivity contribution in [1.82, 2.24) is 0 Å². The average molecular weight is 221 g/mol. The molecule has 6 nitrogen and oxygen atoms in total. The molecule has 84 valence electrons. The Labute approximate surface area is 91.8 Å². The molecule has 1 rings (SSSR count). The van der Waals surface area contributed by atoms with Crippen molar-refractivity contribution < 1.29 is 15.0 Å². The average Bonchev–Trinajstić information content (AvgIpc) is 2.26. The second-order valence-corrected chi connectivity index (χ2v) is 3.47. The van der Waals surface area contributed by atoms with Crippen LogP contribution in [0, 0.1) is 0 Å². The van der Waals surface area contributed by atoms with E-state index in [1.54, 1.807) is 30.3 Å². The number of hydrogen-bond donors (Lipinski definition) is 2. The predicted octanol–water partition coefficient (Wildman–Crippen LogP) is 1.87. The minimum atomic E-state index is -2.13. The van der Waals surface area contributed by atoms with Crippen molar-refractivity contribution in [1.29, 1.82) is 0 Å². The summed E-state index contributed by atoms with van der Waals surface area (Å²) in [6, 6.07) is 7.12. The summed E-state index contributed by atoms with van der Waals surface area (Å²) in [5, 5.41) is 22.0. The fourth-order valence-corrected chi connectivity index (χ4v) is 1.31. The highest BCUT2D eigenvalue weighted by Gasteiger charge is 2.39. The van der Waals surface area contributed by atoms with E-state index in [0.717, 1.165) is 6.92 Å². The number of hydrogen-bond acceptors (Lipinski definition) is 3. The van der Waals surface area contributed by atoms with Gasteiger partial charge in [-0.15, -0.1) is 0 Å². The third kappa shape index (κ3) is 2.31. The Morgan fingerprint density at radius 3 is 2.50 bits per heavy atom. The topological polar surface area (TPSA) is 106 Å². The standard InChI is InChI=1S/C10H11N3O3/c1-10(16,9(14)15)8(12-13-11)7-5-3-2-4-6-7/h2-6,8,16H,1H3,(H,14,15)/t8-,10+/m1/s1. The molecule has 0 fully saturated rings. The van der Waals surface area contributed by atoms with Crippen LogP contribution in [0.15, 0.2) is 35.4 Å². The van der Waals surface area contributed by atoms with Crippen molar-refractivity contribution in [2.45, 2.75) is 18.6 Å². The molecule has 0 spiro atoms. The van der Waals surface area contributed by atoms with Gasteiger partial charge < -0.3 is 10.2 Å². The first-order chi connectivity index (χ1) is 7.50. The lowest BCUT2D eigenvalue weighted by Crippen LogP contribution is -2.40. The SMILES string of the molecule is C[C@@](O)(C(=O)O)[C@H](N=[N+]=[N-])c1ccccc1. The predicted molar refractivity (Wildman–Crippen MR) is 56.6 cm³/mol. The second-order valence-electron chi connectivity index (χ2n) is 3.47. The minimum Gasteiger partial charge on any atom is -0.479 e. The van der Waals surface area contributed by atoms with Crippen LogP contribution in [-0.2, 0) is 4.79 Å². The molecule has 0 unspecified atom stereocenters. The Morgan fingerprint density at radius 1 is 1.50 bits per heavy atom. The summed E-state index contributed by atoms with van der Waals surface area (Å²) in [6.07, 6.45) is 0. The number of carboxylic acids is 1. The molecule has 2 atom stereocenters. The van der Waals surface area contributed by atoms with Crippen LogP contribution in [0.1, 0.15) is 18.5 Å². The van der Waals surface area contributed by atoms with Gasteiger partial charge in [0, 0.05) is 4.91 Å². The van der Waals surface area contributed by atoms with E-state index >= 15 is 0 Å². The molecule has 0 aliphatic heterocycles. The molecule has 0 aliphatic rings. The van der Waals surface area contributed by atoms with E-state index in [2.05, 4.69) is 10.0 Å². The molecule has 1 aromatic carbocycles.